The Morgan fingerprint density at radius 2 is 0.676 bits per heavy atom. The lowest BCUT2D eigenvalue weighted by Crippen LogP contribution is -2.48. The van der Waals surface area contributed by atoms with Gasteiger partial charge in [-0.2, -0.15) is 65.9 Å². The van der Waals surface area contributed by atoms with Crippen molar-refractivity contribution in [3.8, 4) is 0 Å². The monoisotopic (exact) mass is 616 g/mol. The Kier molecular flexibility index (Phi) is 11.6. The molecule has 0 aliphatic carbocycles. The van der Waals surface area contributed by atoms with Crippen LogP contribution < -0.4 is 0 Å². The molecule has 0 saturated carbocycles. The summed E-state index contributed by atoms with van der Waals surface area (Å²) in [5.74, 6) is -17.1. The first-order valence-electron chi connectivity index (χ1n) is 8.78. The summed E-state index contributed by atoms with van der Waals surface area (Å²) in [6.45, 7) is -16.0. The fourth-order valence-corrected chi connectivity index (χ4v) is 2.32. The Morgan fingerprint density at radius 1 is 0.432 bits per heavy atom. The van der Waals surface area contributed by atoms with Crippen LogP contribution in [0, 0.1) is 5.41 Å². The lowest BCUT2D eigenvalue weighted by atomic mass is 9.92. The van der Waals surface area contributed by atoms with Crippen LogP contribution in [-0.4, -0.2) is 82.5 Å². The average molecular weight is 616 g/mol. The second-order valence-corrected chi connectivity index (χ2v) is 8.36. The van der Waals surface area contributed by atoms with Crippen molar-refractivity contribution in [1.82, 2.24) is 0 Å². The second kappa shape index (κ2) is 12.0. The van der Waals surface area contributed by atoms with Gasteiger partial charge in [0.25, 0.3) is 0 Å². The highest BCUT2D eigenvalue weighted by Crippen LogP contribution is 2.51. The van der Waals surface area contributed by atoms with E-state index in [1.807, 2.05) is 0 Å². The maximum Gasteiger partial charge on any atom is 0.551 e. The van der Waals surface area contributed by atoms with Gasteiger partial charge in [-0.25, -0.2) is 4.57 Å². The van der Waals surface area contributed by atoms with Gasteiger partial charge in [-0.3, -0.25) is 4.52 Å². The lowest BCUT2D eigenvalue weighted by Gasteiger charge is -2.34. The van der Waals surface area contributed by atoms with E-state index in [4.69, 9.17) is 0 Å². The van der Waals surface area contributed by atoms with E-state index in [1.54, 1.807) is 0 Å². The quantitative estimate of drug-likeness (QED) is 0.152. The number of alkyl halides is 15. The van der Waals surface area contributed by atoms with E-state index in [9.17, 15) is 78.8 Å². The molecule has 0 unspecified atom stereocenters. The molecule has 0 spiro atoms. The first-order valence-corrected chi connectivity index (χ1v) is 10.2. The zero-order chi connectivity index (χ0) is 29.8. The van der Waals surface area contributed by atoms with E-state index < -0.39 is 95.9 Å². The average Bonchev–Trinajstić information content (AvgIpc) is 2.62. The van der Waals surface area contributed by atoms with Gasteiger partial charge in [0, 0.05) is 0 Å². The van der Waals surface area contributed by atoms with E-state index >= 15 is 0 Å². The molecule has 224 valence electrons. The van der Waals surface area contributed by atoms with Gasteiger partial charge >= 0.3 is 44.3 Å². The molecule has 0 aliphatic heterocycles. The molecule has 0 amide bonds. The molecule has 23 heteroatoms. The molecule has 5 nitrogen and oxygen atoms in total. The van der Waals surface area contributed by atoms with Gasteiger partial charge < -0.3 is 14.2 Å². The Hall–Kier alpha value is -1.12. The van der Waals surface area contributed by atoms with Gasteiger partial charge in [0.15, 0.2) is 0 Å². The largest absolute Gasteiger partial charge is 0.551 e. The van der Waals surface area contributed by atoms with Gasteiger partial charge in [0.2, 0.25) is 0 Å². The topological polar surface area (TPSA) is 54.0 Å². The van der Waals surface area contributed by atoms with E-state index in [0.717, 1.165) is 0 Å². The third kappa shape index (κ3) is 11.7. The van der Waals surface area contributed by atoms with Crippen molar-refractivity contribution in [3.05, 3.63) is 0 Å². The molecule has 0 aromatic rings. The summed E-state index contributed by atoms with van der Waals surface area (Å²) < 4.78 is 239. The van der Waals surface area contributed by atoms with Crippen LogP contribution in [0.1, 0.15) is 0 Å². The van der Waals surface area contributed by atoms with Crippen LogP contribution in [0.2, 0.25) is 0 Å². The van der Waals surface area contributed by atoms with Crippen LogP contribution in [0.15, 0.2) is 0 Å². The van der Waals surface area contributed by atoms with Crippen LogP contribution in [0.4, 0.5) is 74.3 Å². The summed E-state index contributed by atoms with van der Waals surface area (Å²) in [6, 6.07) is 0. The summed E-state index contributed by atoms with van der Waals surface area (Å²) >= 11 is 0. The fraction of sp³-hybridized carbons (Fsp3) is 1.00. The smallest absolute Gasteiger partial charge is 0.374 e. The summed E-state index contributed by atoms with van der Waals surface area (Å²) in [5.41, 5.74) is -3.15. The van der Waals surface area contributed by atoms with Gasteiger partial charge in [0.05, 0.1) is 31.8 Å². The summed E-state index contributed by atoms with van der Waals surface area (Å²) in [4.78, 5) is 0. The predicted octanol–water partition coefficient (Wildman–Crippen LogP) is 6.68. The second-order valence-electron chi connectivity index (χ2n) is 7.27. The predicted molar refractivity (Wildman–Crippen MR) is 83.7 cm³/mol. The molecule has 0 aliphatic rings. The van der Waals surface area contributed by atoms with Gasteiger partial charge in [-0.15, -0.1) is 8.39 Å². The normalized spacial score (nSPS) is 15.4. The molecule has 37 heavy (non-hydrogen) atoms. The van der Waals surface area contributed by atoms with E-state index in [-0.39, 0.29) is 0 Å². The zero-order valence-corrected chi connectivity index (χ0v) is 18.3. The van der Waals surface area contributed by atoms with Crippen molar-refractivity contribution in [2.24, 2.45) is 5.41 Å². The molecule has 0 radical (unpaired) electrons. The Labute approximate surface area is 194 Å². The van der Waals surface area contributed by atoms with Gasteiger partial charge in [-0.05, 0) is 0 Å². The molecule has 0 aromatic carbocycles. The summed E-state index contributed by atoms with van der Waals surface area (Å²) in [5, 5.41) is 0. The minimum Gasteiger partial charge on any atom is -0.374 e. The van der Waals surface area contributed by atoms with Crippen molar-refractivity contribution in [2.45, 2.75) is 36.3 Å². The molecular formula is C14H14F17O5P. The van der Waals surface area contributed by atoms with Crippen molar-refractivity contribution in [1.29, 1.82) is 0 Å². The third-order valence-electron chi connectivity index (χ3n) is 3.84. The van der Waals surface area contributed by atoms with Gasteiger partial charge in [0.1, 0.15) is 19.8 Å². The van der Waals surface area contributed by atoms with Crippen LogP contribution in [-0.2, 0) is 23.3 Å². The maximum atomic E-state index is 13.0. The summed E-state index contributed by atoms with van der Waals surface area (Å²) in [6.07, 6.45) is -18.9. The Morgan fingerprint density at radius 3 is 0.865 bits per heavy atom. The number of ether oxygens (including phenoxy) is 3. The number of hydrogen-bond donors (Lipinski definition) is 0. The molecule has 0 N–H and O–H groups in total. The molecule has 0 fully saturated rings. The standard InChI is InChI=1S/C14H14F17O5P/c15-9(16,12(21,22)23)5-33-1-8(4-36-37(30,31)32,2-34-6-10(17,18)13(24,25)26)3-35-7-11(19,20)14(27,28)29/h1-7H2. The van der Waals surface area contributed by atoms with E-state index in [0.29, 0.717) is 0 Å². The van der Waals surface area contributed by atoms with Crippen molar-refractivity contribution < 1.29 is 97.5 Å². The van der Waals surface area contributed by atoms with Crippen LogP contribution in [0.3, 0.4) is 0 Å². The maximum absolute atomic E-state index is 13.0. The molecule has 0 saturated heterocycles. The number of halogens is 17. The highest BCUT2D eigenvalue weighted by atomic mass is 31.2. The van der Waals surface area contributed by atoms with Crippen LogP contribution >= 0.6 is 7.99 Å². The SMILES string of the molecule is O=P(F)(F)OCC(COCC(F)(F)C(F)(F)F)(COCC(F)(F)C(F)(F)F)COCC(F)(F)C(F)(F)F. The Bertz CT molecular complexity index is 678. The molecule has 0 bridgehead atoms. The number of rotatable bonds is 15. The van der Waals surface area contributed by atoms with Crippen molar-refractivity contribution >= 4 is 7.99 Å². The minimum absolute atomic E-state index is 1.95. The molecule has 0 heterocycles. The first kappa shape index (κ1) is 35.9. The minimum atomic E-state index is -6.69. The highest BCUT2D eigenvalue weighted by Gasteiger charge is 2.60. The van der Waals surface area contributed by atoms with E-state index in [2.05, 4.69) is 18.7 Å². The third-order valence-corrected chi connectivity index (χ3v) is 4.27. The highest BCUT2D eigenvalue weighted by molar-refractivity contribution is 7.47. The summed E-state index contributed by atoms with van der Waals surface area (Å²) in [7, 11) is -6.69. The molecule has 0 aromatic heterocycles. The van der Waals surface area contributed by atoms with Crippen LogP contribution in [0.5, 0.6) is 0 Å². The Balaban J connectivity index is 5.95. The lowest BCUT2D eigenvalue weighted by molar-refractivity contribution is -0.307. The molecular weight excluding hydrogens is 602 g/mol. The fourth-order valence-electron chi connectivity index (χ4n) is 1.89. The van der Waals surface area contributed by atoms with Gasteiger partial charge in [-0.1, -0.05) is 0 Å². The van der Waals surface area contributed by atoms with Crippen molar-refractivity contribution in [3.63, 3.8) is 0 Å². The van der Waals surface area contributed by atoms with Crippen molar-refractivity contribution in [2.75, 3.05) is 46.2 Å². The molecule has 0 atom stereocenters. The zero-order valence-electron chi connectivity index (χ0n) is 17.4. The van der Waals surface area contributed by atoms with Crippen LogP contribution in [0.25, 0.3) is 0 Å². The number of hydrogen-bond acceptors (Lipinski definition) is 5. The molecule has 0 rings (SSSR count). The van der Waals surface area contributed by atoms with E-state index in [1.165, 1.54) is 0 Å². The first-order chi connectivity index (χ1) is 16.1.